The Morgan fingerprint density at radius 3 is 1.20 bits per heavy atom. The van der Waals surface area contributed by atoms with E-state index in [-0.39, 0.29) is 0 Å². The molecule has 2 aliphatic rings. The molecule has 292 valence electrons. The summed E-state index contributed by atoms with van der Waals surface area (Å²) in [5.41, 5.74) is 0. The zero-order chi connectivity index (χ0) is 35.4. The summed E-state index contributed by atoms with van der Waals surface area (Å²) in [5.74, 6) is 8.13. The molecule has 49 heavy (non-hydrogen) atoms. The van der Waals surface area contributed by atoms with Gasteiger partial charge >= 0.3 is 0 Å². The second kappa shape index (κ2) is 30.5. The van der Waals surface area contributed by atoms with Crippen LogP contribution in [-0.2, 0) is 0 Å². The van der Waals surface area contributed by atoms with Crippen LogP contribution in [0.3, 0.4) is 0 Å². The van der Waals surface area contributed by atoms with E-state index in [1.54, 1.807) is 32.1 Å². The highest BCUT2D eigenvalue weighted by atomic mass is 14.5. The molecule has 3 unspecified atom stereocenters. The highest BCUT2D eigenvalue weighted by molar-refractivity contribution is 4.91. The first-order valence-corrected chi connectivity index (χ1v) is 23.9. The highest BCUT2D eigenvalue weighted by Crippen LogP contribution is 2.51. The molecule has 0 nitrogen and oxygen atoms in total. The maximum Gasteiger partial charge on any atom is -0.0355 e. The van der Waals surface area contributed by atoms with Crippen molar-refractivity contribution >= 4 is 0 Å². The minimum atomic E-state index is 0.872. The van der Waals surface area contributed by atoms with E-state index in [2.05, 4.69) is 41.5 Å². The van der Waals surface area contributed by atoms with E-state index in [0.717, 1.165) is 47.3 Å². The van der Waals surface area contributed by atoms with Gasteiger partial charge in [-0.3, -0.25) is 0 Å². The molecule has 0 heteroatoms. The fourth-order valence-corrected chi connectivity index (χ4v) is 10.6. The molecule has 0 heterocycles. The lowest BCUT2D eigenvalue weighted by Gasteiger charge is -2.19. The third-order valence-electron chi connectivity index (χ3n) is 14.2. The van der Waals surface area contributed by atoms with E-state index in [9.17, 15) is 0 Å². The highest BCUT2D eigenvalue weighted by Gasteiger charge is 2.41. The van der Waals surface area contributed by atoms with Crippen molar-refractivity contribution in [2.75, 3.05) is 0 Å². The summed E-state index contributed by atoms with van der Waals surface area (Å²) in [7, 11) is 0. The minimum absolute atomic E-state index is 0.872. The number of unbranched alkanes of at least 4 members (excludes halogenated alkanes) is 21. The van der Waals surface area contributed by atoms with Crippen LogP contribution in [0, 0.1) is 47.3 Å². The molecule has 2 fully saturated rings. The molecule has 0 aromatic rings. The van der Waals surface area contributed by atoms with Gasteiger partial charge in [-0.15, -0.1) is 0 Å². The van der Waals surface area contributed by atoms with Crippen LogP contribution in [0.25, 0.3) is 0 Å². The average molecular weight is 685 g/mol. The molecule has 0 amide bonds. The fourth-order valence-electron chi connectivity index (χ4n) is 10.6. The van der Waals surface area contributed by atoms with Gasteiger partial charge in [0.1, 0.15) is 0 Å². The Morgan fingerprint density at radius 2 is 0.796 bits per heavy atom. The monoisotopic (exact) mass is 685 g/mol. The van der Waals surface area contributed by atoms with E-state index in [1.165, 1.54) is 193 Å². The lowest BCUT2D eigenvalue weighted by Crippen LogP contribution is -2.09. The Bertz CT molecular complexity index is 692. The molecule has 7 atom stereocenters. The Morgan fingerprint density at radius 1 is 0.429 bits per heavy atom. The van der Waals surface area contributed by atoms with Gasteiger partial charge in [-0.05, 0) is 73.0 Å². The quantitative estimate of drug-likeness (QED) is 0.0583. The van der Waals surface area contributed by atoms with Crippen molar-refractivity contribution in [2.24, 2.45) is 47.3 Å². The SMILES string of the molecule is CC[C@H](CCCCCC(C)CCCCCCCCCCCCCCCCCCCCCC(C)CCCC[C@@H]1CC[C@@H]2CC(C)C[C@H]12)C(C)C. The van der Waals surface area contributed by atoms with Gasteiger partial charge in [-0.1, -0.05) is 241 Å². The number of rotatable bonds is 35. The van der Waals surface area contributed by atoms with Crippen molar-refractivity contribution in [1.29, 1.82) is 0 Å². The fraction of sp³-hybridized carbons (Fsp3) is 1.00. The Balaban J connectivity index is 1.20. The zero-order valence-corrected chi connectivity index (χ0v) is 35.4. The summed E-state index contributed by atoms with van der Waals surface area (Å²) < 4.78 is 0. The van der Waals surface area contributed by atoms with Crippen LogP contribution >= 0.6 is 0 Å². The summed E-state index contributed by atoms with van der Waals surface area (Å²) >= 11 is 0. The zero-order valence-electron chi connectivity index (χ0n) is 35.4. The summed E-state index contributed by atoms with van der Waals surface area (Å²) in [4.78, 5) is 0. The van der Waals surface area contributed by atoms with Gasteiger partial charge in [-0.2, -0.15) is 0 Å². The standard InChI is InChI=1S/C49H96/c1-7-46(42(2)3)36-29-25-28-34-43(4)32-26-23-21-19-17-15-13-11-9-8-10-12-14-16-18-20-22-24-27-33-44(5)35-30-31-37-47-38-39-48-40-45(6)41-49(47)48/h42-49H,7-41H2,1-6H3/t43?,44?,45?,46-,47-,48-,49-/m1/s1. The van der Waals surface area contributed by atoms with Crippen molar-refractivity contribution in [1.82, 2.24) is 0 Å². The van der Waals surface area contributed by atoms with Crippen LogP contribution in [0.4, 0.5) is 0 Å². The van der Waals surface area contributed by atoms with Crippen LogP contribution in [0.5, 0.6) is 0 Å². The summed E-state index contributed by atoms with van der Waals surface area (Å²) in [6.07, 6.45) is 52.3. The Hall–Kier alpha value is 0. The molecule has 0 aromatic carbocycles. The topological polar surface area (TPSA) is 0 Å². The van der Waals surface area contributed by atoms with Gasteiger partial charge in [0.05, 0.1) is 0 Å². The van der Waals surface area contributed by atoms with Crippen LogP contribution in [0.15, 0.2) is 0 Å². The van der Waals surface area contributed by atoms with E-state index in [0.29, 0.717) is 0 Å². The Labute approximate surface area is 312 Å². The second-order valence-corrected chi connectivity index (χ2v) is 19.2. The first-order chi connectivity index (χ1) is 23.9. The van der Waals surface area contributed by atoms with E-state index in [4.69, 9.17) is 0 Å². The van der Waals surface area contributed by atoms with Crippen LogP contribution < -0.4 is 0 Å². The van der Waals surface area contributed by atoms with E-state index in [1.807, 2.05) is 0 Å². The summed E-state index contributed by atoms with van der Waals surface area (Å²) in [6, 6.07) is 0. The molecule has 0 bridgehead atoms. The van der Waals surface area contributed by atoms with Gasteiger partial charge in [0, 0.05) is 0 Å². The van der Waals surface area contributed by atoms with Crippen molar-refractivity contribution < 1.29 is 0 Å². The largest absolute Gasteiger partial charge is 0.0651 e. The van der Waals surface area contributed by atoms with Gasteiger partial charge in [0.15, 0.2) is 0 Å². The molecule has 0 aliphatic heterocycles. The first-order valence-electron chi connectivity index (χ1n) is 23.9. The third kappa shape index (κ3) is 23.3. The van der Waals surface area contributed by atoms with Crippen molar-refractivity contribution in [3.05, 3.63) is 0 Å². The van der Waals surface area contributed by atoms with E-state index >= 15 is 0 Å². The first kappa shape index (κ1) is 45.2. The molecule has 2 aliphatic carbocycles. The molecule has 0 radical (unpaired) electrons. The van der Waals surface area contributed by atoms with Gasteiger partial charge in [-0.25, -0.2) is 0 Å². The van der Waals surface area contributed by atoms with Gasteiger partial charge in [0.25, 0.3) is 0 Å². The predicted molar refractivity (Wildman–Crippen MR) is 224 cm³/mol. The number of fused-ring (bicyclic) bond motifs is 1. The maximum absolute atomic E-state index is 2.53. The molecular formula is C49H96. The third-order valence-corrected chi connectivity index (χ3v) is 14.2. The van der Waals surface area contributed by atoms with Crippen molar-refractivity contribution in [3.8, 4) is 0 Å². The lowest BCUT2D eigenvalue weighted by molar-refractivity contribution is 0.315. The average Bonchev–Trinajstić information content (AvgIpc) is 3.64. The Kier molecular flexibility index (Phi) is 28.1. The molecule has 0 N–H and O–H groups in total. The van der Waals surface area contributed by atoms with Crippen LogP contribution in [0.2, 0.25) is 0 Å². The van der Waals surface area contributed by atoms with Crippen LogP contribution in [0.1, 0.15) is 266 Å². The molecule has 0 saturated heterocycles. The smallest absolute Gasteiger partial charge is 0.0355 e. The molecular weight excluding hydrogens is 589 g/mol. The summed E-state index contributed by atoms with van der Waals surface area (Å²) in [5, 5.41) is 0. The minimum Gasteiger partial charge on any atom is -0.0651 e. The molecule has 2 saturated carbocycles. The normalized spacial score (nSPS) is 22.6. The van der Waals surface area contributed by atoms with Gasteiger partial charge < -0.3 is 0 Å². The maximum atomic E-state index is 2.53. The lowest BCUT2D eigenvalue weighted by atomic mass is 9.87. The molecule has 0 aromatic heterocycles. The molecule has 0 spiro atoms. The van der Waals surface area contributed by atoms with Crippen LogP contribution in [-0.4, -0.2) is 0 Å². The number of hydrogen-bond acceptors (Lipinski definition) is 0. The van der Waals surface area contributed by atoms with Crippen molar-refractivity contribution in [2.45, 2.75) is 266 Å². The summed E-state index contributed by atoms with van der Waals surface area (Å²) in [6.45, 7) is 14.7. The van der Waals surface area contributed by atoms with E-state index < -0.39 is 0 Å². The van der Waals surface area contributed by atoms with Gasteiger partial charge in [0.2, 0.25) is 0 Å². The van der Waals surface area contributed by atoms with Crippen molar-refractivity contribution in [3.63, 3.8) is 0 Å². The second-order valence-electron chi connectivity index (χ2n) is 19.2. The molecule has 2 rings (SSSR count). The predicted octanol–water partition coefficient (Wildman–Crippen LogP) is 17.7. The number of hydrogen-bond donors (Lipinski definition) is 0.